The molecule has 0 aromatic heterocycles. The van der Waals surface area contributed by atoms with Crippen LogP contribution in [-0.4, -0.2) is 17.0 Å². The summed E-state index contributed by atoms with van der Waals surface area (Å²) < 4.78 is 6.17. The van der Waals surface area contributed by atoms with Gasteiger partial charge in [-0.3, -0.25) is 0 Å². The van der Waals surface area contributed by atoms with Crippen LogP contribution in [0, 0.1) is 5.92 Å². The van der Waals surface area contributed by atoms with Gasteiger partial charge in [0.2, 0.25) is 0 Å². The lowest BCUT2D eigenvalue weighted by Gasteiger charge is -2.31. The zero-order chi connectivity index (χ0) is 14.4. The third-order valence-electron chi connectivity index (χ3n) is 4.21. The van der Waals surface area contributed by atoms with Gasteiger partial charge in [0.05, 0.1) is 5.71 Å². The molecule has 1 saturated carbocycles. The number of ether oxygens (including phenoxy) is 1. The normalized spacial score (nSPS) is 23.6. The highest BCUT2D eigenvalue weighted by atomic mass is 16.5. The van der Waals surface area contributed by atoms with Crippen LogP contribution < -0.4 is 4.74 Å². The molecule has 3 heteroatoms. The zero-order valence-electron chi connectivity index (χ0n) is 12.5. The van der Waals surface area contributed by atoms with Gasteiger partial charge in [0.1, 0.15) is 11.9 Å². The van der Waals surface area contributed by atoms with Crippen LogP contribution >= 0.6 is 0 Å². The summed E-state index contributed by atoms with van der Waals surface area (Å²) in [6, 6.07) is 8.16. The molecule has 2 rings (SSSR count). The Morgan fingerprint density at radius 3 is 2.60 bits per heavy atom. The quantitative estimate of drug-likeness (QED) is 0.491. The molecule has 20 heavy (non-hydrogen) atoms. The molecule has 0 amide bonds. The molecule has 3 nitrogen and oxygen atoms in total. The van der Waals surface area contributed by atoms with Crippen LogP contribution in [0.3, 0.4) is 0 Å². The summed E-state index contributed by atoms with van der Waals surface area (Å²) in [5.41, 5.74) is 1.86. The van der Waals surface area contributed by atoms with E-state index in [1.165, 1.54) is 32.1 Å². The van der Waals surface area contributed by atoms with Crippen LogP contribution in [0.1, 0.15) is 51.5 Å². The van der Waals surface area contributed by atoms with E-state index in [0.717, 1.165) is 17.0 Å². The molecular formula is C17H25NO2. The van der Waals surface area contributed by atoms with Gasteiger partial charge < -0.3 is 9.94 Å². The van der Waals surface area contributed by atoms with E-state index in [9.17, 15) is 0 Å². The Balaban J connectivity index is 1.96. The number of hydrogen-bond acceptors (Lipinski definition) is 3. The first-order chi connectivity index (χ1) is 9.72. The molecule has 0 aliphatic heterocycles. The van der Waals surface area contributed by atoms with Crippen molar-refractivity contribution in [3.63, 3.8) is 0 Å². The number of nitrogens with zero attached hydrogens (tertiary/aromatic N) is 1. The third kappa shape index (κ3) is 3.99. The van der Waals surface area contributed by atoms with Crippen molar-refractivity contribution in [1.82, 2.24) is 0 Å². The van der Waals surface area contributed by atoms with Gasteiger partial charge in [0, 0.05) is 6.42 Å². The summed E-state index contributed by atoms with van der Waals surface area (Å²) in [6.45, 7) is 4.07. The molecule has 1 aliphatic rings. The van der Waals surface area contributed by atoms with Crippen molar-refractivity contribution in [3.05, 3.63) is 29.8 Å². The fourth-order valence-electron chi connectivity index (χ4n) is 2.99. The highest BCUT2D eigenvalue weighted by Gasteiger charge is 2.25. The second kappa shape index (κ2) is 7.32. The molecule has 0 saturated heterocycles. The van der Waals surface area contributed by atoms with Gasteiger partial charge in [-0.2, -0.15) is 0 Å². The average Bonchev–Trinajstić information content (AvgIpc) is 2.49. The van der Waals surface area contributed by atoms with Gasteiger partial charge >= 0.3 is 0 Å². The summed E-state index contributed by atoms with van der Waals surface area (Å²) in [5.74, 6) is 1.66. The van der Waals surface area contributed by atoms with Crippen LogP contribution in [0.4, 0.5) is 0 Å². The topological polar surface area (TPSA) is 41.8 Å². The lowest BCUT2D eigenvalue weighted by atomic mass is 9.85. The van der Waals surface area contributed by atoms with Crippen molar-refractivity contribution >= 4 is 5.71 Å². The SMILES string of the molecule is CCC1CCCCC1Oc1ccc(C/C(C)=N/O)cc1. The molecule has 1 aliphatic carbocycles. The first-order valence-electron chi connectivity index (χ1n) is 7.66. The van der Waals surface area contributed by atoms with Gasteiger partial charge in [0.15, 0.2) is 0 Å². The molecule has 1 aromatic carbocycles. The Bertz CT molecular complexity index is 439. The molecule has 1 fully saturated rings. The molecule has 1 N–H and O–H groups in total. The van der Waals surface area contributed by atoms with E-state index in [2.05, 4.69) is 12.1 Å². The number of hydrogen-bond donors (Lipinski definition) is 1. The van der Waals surface area contributed by atoms with Crippen LogP contribution in [0.15, 0.2) is 29.4 Å². The van der Waals surface area contributed by atoms with Gasteiger partial charge in [-0.15, -0.1) is 0 Å². The van der Waals surface area contributed by atoms with E-state index in [4.69, 9.17) is 9.94 Å². The second-order valence-corrected chi connectivity index (χ2v) is 5.77. The summed E-state index contributed by atoms with van der Waals surface area (Å²) in [5, 5.41) is 11.9. The molecule has 1 aromatic rings. The molecule has 2 atom stereocenters. The maximum absolute atomic E-state index is 8.69. The van der Waals surface area contributed by atoms with E-state index < -0.39 is 0 Å². The molecule has 0 radical (unpaired) electrons. The summed E-state index contributed by atoms with van der Waals surface area (Å²) >= 11 is 0. The first-order valence-corrected chi connectivity index (χ1v) is 7.66. The number of rotatable bonds is 5. The smallest absolute Gasteiger partial charge is 0.119 e. The Hall–Kier alpha value is -1.51. The maximum atomic E-state index is 8.69. The van der Waals surface area contributed by atoms with Gasteiger partial charge in [0.25, 0.3) is 0 Å². The second-order valence-electron chi connectivity index (χ2n) is 5.77. The highest BCUT2D eigenvalue weighted by Crippen LogP contribution is 2.30. The predicted molar refractivity (Wildman–Crippen MR) is 81.7 cm³/mol. The lowest BCUT2D eigenvalue weighted by molar-refractivity contribution is 0.0904. The third-order valence-corrected chi connectivity index (χ3v) is 4.21. The molecule has 110 valence electrons. The first kappa shape index (κ1) is 14.9. The monoisotopic (exact) mass is 275 g/mol. The van der Waals surface area contributed by atoms with E-state index in [-0.39, 0.29) is 0 Å². The fourth-order valence-corrected chi connectivity index (χ4v) is 2.99. The van der Waals surface area contributed by atoms with E-state index in [1.807, 2.05) is 31.2 Å². The van der Waals surface area contributed by atoms with Gasteiger partial charge in [-0.25, -0.2) is 0 Å². The van der Waals surface area contributed by atoms with E-state index >= 15 is 0 Å². The van der Waals surface area contributed by atoms with E-state index in [1.54, 1.807) is 0 Å². The minimum Gasteiger partial charge on any atom is -0.490 e. The minimum atomic E-state index is 0.375. The molecule has 2 unspecified atom stereocenters. The van der Waals surface area contributed by atoms with Gasteiger partial charge in [-0.05, 0) is 56.2 Å². The standard InChI is InChI=1S/C17H25NO2/c1-3-15-6-4-5-7-17(15)20-16-10-8-14(9-11-16)12-13(2)18-19/h8-11,15,17,19H,3-7,12H2,1-2H3/b18-13+. The largest absolute Gasteiger partial charge is 0.490 e. The van der Waals surface area contributed by atoms with Crippen LogP contribution in [0.25, 0.3) is 0 Å². The summed E-state index contributed by atoms with van der Waals surface area (Å²) in [7, 11) is 0. The van der Waals surface area contributed by atoms with Crippen molar-refractivity contribution in [2.45, 2.75) is 58.5 Å². The minimum absolute atomic E-state index is 0.375. The van der Waals surface area contributed by atoms with E-state index in [0.29, 0.717) is 18.4 Å². The maximum Gasteiger partial charge on any atom is 0.119 e. The molecule has 0 bridgehead atoms. The predicted octanol–water partition coefficient (Wildman–Crippen LogP) is 4.43. The highest BCUT2D eigenvalue weighted by molar-refractivity contribution is 5.83. The van der Waals surface area contributed by atoms with Crippen molar-refractivity contribution < 1.29 is 9.94 Å². The Morgan fingerprint density at radius 2 is 1.95 bits per heavy atom. The Kier molecular flexibility index (Phi) is 5.45. The average molecular weight is 275 g/mol. The zero-order valence-corrected chi connectivity index (χ0v) is 12.5. The van der Waals surface area contributed by atoms with Crippen molar-refractivity contribution in [2.24, 2.45) is 11.1 Å². The lowest BCUT2D eigenvalue weighted by Crippen LogP contribution is -2.29. The van der Waals surface area contributed by atoms with Crippen LogP contribution in [0.5, 0.6) is 5.75 Å². The van der Waals surface area contributed by atoms with Gasteiger partial charge in [-0.1, -0.05) is 30.6 Å². The summed E-state index contributed by atoms with van der Waals surface area (Å²) in [4.78, 5) is 0. The molecule has 0 heterocycles. The van der Waals surface area contributed by atoms with Crippen molar-refractivity contribution in [1.29, 1.82) is 0 Å². The van der Waals surface area contributed by atoms with Crippen molar-refractivity contribution in [2.75, 3.05) is 0 Å². The Morgan fingerprint density at radius 1 is 1.25 bits per heavy atom. The summed E-state index contributed by atoms with van der Waals surface area (Å²) in [6.07, 6.45) is 7.36. The van der Waals surface area contributed by atoms with Crippen LogP contribution in [0.2, 0.25) is 0 Å². The molecular weight excluding hydrogens is 250 g/mol. The molecule has 0 spiro atoms. The fraction of sp³-hybridized carbons (Fsp3) is 0.588. The number of oxime groups is 1. The number of benzene rings is 1. The Labute approximate surface area is 121 Å². The van der Waals surface area contributed by atoms with Crippen molar-refractivity contribution in [3.8, 4) is 5.75 Å². The van der Waals surface area contributed by atoms with Crippen LogP contribution in [-0.2, 0) is 6.42 Å².